The lowest BCUT2D eigenvalue weighted by atomic mass is 10.0. The van der Waals surface area contributed by atoms with Gasteiger partial charge in [0.05, 0.1) is 28.0 Å². The van der Waals surface area contributed by atoms with E-state index >= 15 is 0 Å². The molecular formula is C14H12Cl2N2O3. The molecule has 3 rings (SSSR count). The fraction of sp³-hybridized carbons (Fsp3) is 0.286. The first-order chi connectivity index (χ1) is 10.1. The van der Waals surface area contributed by atoms with Crippen molar-refractivity contribution in [2.45, 2.75) is 12.3 Å². The highest BCUT2D eigenvalue weighted by Gasteiger charge is 2.27. The summed E-state index contributed by atoms with van der Waals surface area (Å²) in [5.41, 5.74) is 1.40. The molecule has 1 atom stereocenters. The van der Waals surface area contributed by atoms with Crippen molar-refractivity contribution in [3.05, 3.63) is 45.7 Å². The van der Waals surface area contributed by atoms with Crippen LogP contribution in [0.4, 0.5) is 0 Å². The summed E-state index contributed by atoms with van der Waals surface area (Å²) < 4.78 is 6.83. The first-order valence-corrected chi connectivity index (χ1v) is 7.18. The molecule has 0 spiro atoms. The van der Waals surface area contributed by atoms with Crippen LogP contribution >= 0.6 is 23.2 Å². The predicted molar refractivity (Wildman–Crippen MR) is 78.7 cm³/mol. The van der Waals surface area contributed by atoms with E-state index in [2.05, 4.69) is 5.10 Å². The molecule has 1 saturated heterocycles. The highest BCUT2D eigenvalue weighted by atomic mass is 35.5. The van der Waals surface area contributed by atoms with Crippen LogP contribution in [0.5, 0.6) is 0 Å². The number of carboxylic acids is 1. The van der Waals surface area contributed by atoms with Crippen molar-refractivity contribution < 1.29 is 14.6 Å². The zero-order valence-corrected chi connectivity index (χ0v) is 12.4. The highest BCUT2D eigenvalue weighted by molar-refractivity contribution is 6.42. The summed E-state index contributed by atoms with van der Waals surface area (Å²) in [4.78, 5) is 11.4. The van der Waals surface area contributed by atoms with Crippen LogP contribution in [0.3, 0.4) is 0 Å². The Morgan fingerprint density at radius 1 is 1.38 bits per heavy atom. The first kappa shape index (κ1) is 14.4. The van der Waals surface area contributed by atoms with E-state index in [1.54, 1.807) is 18.2 Å². The molecular weight excluding hydrogens is 315 g/mol. The van der Waals surface area contributed by atoms with Crippen molar-refractivity contribution in [2.24, 2.45) is 0 Å². The minimum Gasteiger partial charge on any atom is -0.478 e. The van der Waals surface area contributed by atoms with Crippen LogP contribution in [0.25, 0.3) is 5.69 Å². The fourth-order valence-electron chi connectivity index (χ4n) is 2.36. The second-order valence-electron chi connectivity index (χ2n) is 4.84. The summed E-state index contributed by atoms with van der Waals surface area (Å²) in [6.45, 7) is 1.13. The van der Waals surface area contributed by atoms with Gasteiger partial charge in [-0.25, -0.2) is 9.48 Å². The van der Waals surface area contributed by atoms with Crippen molar-refractivity contribution >= 4 is 29.2 Å². The van der Waals surface area contributed by atoms with Crippen LogP contribution in [0.1, 0.15) is 28.4 Å². The van der Waals surface area contributed by atoms with Crippen molar-refractivity contribution in [1.29, 1.82) is 0 Å². The predicted octanol–water partition coefficient (Wildman–Crippen LogP) is 3.38. The number of hydrogen-bond donors (Lipinski definition) is 1. The van der Waals surface area contributed by atoms with Gasteiger partial charge in [-0.05, 0) is 24.6 Å². The maximum Gasteiger partial charge on any atom is 0.339 e. The number of carboxylic acid groups (broad SMARTS) is 1. The SMILES string of the molecule is O=C(O)c1cn(-c2ccc(Cl)c(Cl)c2)nc1C1CCOC1. The number of aromatic carboxylic acids is 1. The Labute approximate surface area is 131 Å². The first-order valence-electron chi connectivity index (χ1n) is 6.42. The van der Waals surface area contributed by atoms with Gasteiger partial charge in [-0.2, -0.15) is 5.10 Å². The minimum atomic E-state index is -0.997. The summed E-state index contributed by atoms with van der Waals surface area (Å²) in [6, 6.07) is 5.04. The largest absolute Gasteiger partial charge is 0.478 e. The molecule has 1 fully saturated rings. The van der Waals surface area contributed by atoms with Gasteiger partial charge in [-0.3, -0.25) is 0 Å². The Balaban J connectivity index is 2.04. The molecule has 1 unspecified atom stereocenters. The number of benzene rings is 1. The molecule has 2 aromatic rings. The lowest BCUT2D eigenvalue weighted by Gasteiger charge is -2.05. The molecule has 21 heavy (non-hydrogen) atoms. The number of carbonyl (C=O) groups is 1. The van der Waals surface area contributed by atoms with E-state index < -0.39 is 5.97 Å². The van der Waals surface area contributed by atoms with E-state index in [-0.39, 0.29) is 11.5 Å². The Bertz CT molecular complexity index is 694. The van der Waals surface area contributed by atoms with Crippen molar-refractivity contribution in [3.8, 4) is 5.69 Å². The maximum absolute atomic E-state index is 11.4. The van der Waals surface area contributed by atoms with Gasteiger partial charge in [0.15, 0.2) is 0 Å². The van der Waals surface area contributed by atoms with Gasteiger partial charge in [-0.1, -0.05) is 23.2 Å². The van der Waals surface area contributed by atoms with Gasteiger partial charge in [0.1, 0.15) is 5.56 Å². The smallest absolute Gasteiger partial charge is 0.339 e. The fourth-order valence-corrected chi connectivity index (χ4v) is 2.66. The van der Waals surface area contributed by atoms with E-state index in [4.69, 9.17) is 27.9 Å². The van der Waals surface area contributed by atoms with Gasteiger partial charge in [0.2, 0.25) is 0 Å². The molecule has 0 saturated carbocycles. The van der Waals surface area contributed by atoms with Gasteiger partial charge in [0.25, 0.3) is 0 Å². The zero-order chi connectivity index (χ0) is 15.0. The average Bonchev–Trinajstić information content (AvgIpc) is 3.09. The van der Waals surface area contributed by atoms with E-state index in [0.29, 0.717) is 34.6 Å². The van der Waals surface area contributed by atoms with Crippen LogP contribution in [0.15, 0.2) is 24.4 Å². The Morgan fingerprint density at radius 3 is 2.81 bits per heavy atom. The molecule has 0 radical (unpaired) electrons. The zero-order valence-electron chi connectivity index (χ0n) is 10.9. The third-order valence-electron chi connectivity index (χ3n) is 3.46. The summed E-state index contributed by atoms with van der Waals surface area (Å²) in [5.74, 6) is -0.983. The standard InChI is InChI=1S/C14H12Cl2N2O3/c15-11-2-1-9(5-12(11)16)18-6-10(14(19)20)13(17-18)8-3-4-21-7-8/h1-2,5-6,8H,3-4,7H2,(H,19,20). The number of aromatic nitrogens is 2. The monoisotopic (exact) mass is 326 g/mol. The topological polar surface area (TPSA) is 64.3 Å². The van der Waals surface area contributed by atoms with Crippen LogP contribution < -0.4 is 0 Å². The van der Waals surface area contributed by atoms with E-state index in [1.807, 2.05) is 0 Å². The molecule has 5 nitrogen and oxygen atoms in total. The van der Waals surface area contributed by atoms with Crippen molar-refractivity contribution in [3.63, 3.8) is 0 Å². The van der Waals surface area contributed by atoms with Gasteiger partial charge in [0, 0.05) is 18.7 Å². The summed E-state index contributed by atoms with van der Waals surface area (Å²) in [7, 11) is 0. The van der Waals surface area contributed by atoms with E-state index in [1.165, 1.54) is 10.9 Å². The molecule has 0 aliphatic carbocycles. The Hall–Kier alpha value is -1.56. The molecule has 1 aliphatic rings. The lowest BCUT2D eigenvalue weighted by molar-refractivity contribution is 0.0695. The Morgan fingerprint density at radius 2 is 2.19 bits per heavy atom. The summed E-state index contributed by atoms with van der Waals surface area (Å²) in [5, 5.41) is 14.6. The molecule has 1 aromatic carbocycles. The number of hydrogen-bond acceptors (Lipinski definition) is 3. The maximum atomic E-state index is 11.4. The molecule has 0 bridgehead atoms. The minimum absolute atomic E-state index is 0.0140. The quantitative estimate of drug-likeness (QED) is 0.939. The second-order valence-corrected chi connectivity index (χ2v) is 5.65. The number of halogens is 2. The summed E-state index contributed by atoms with van der Waals surface area (Å²) in [6.07, 6.45) is 2.27. The van der Waals surface area contributed by atoms with E-state index in [9.17, 15) is 9.90 Å². The summed E-state index contributed by atoms with van der Waals surface area (Å²) >= 11 is 11.9. The number of rotatable bonds is 3. The van der Waals surface area contributed by atoms with Crippen LogP contribution in [0.2, 0.25) is 10.0 Å². The number of nitrogens with zero attached hydrogens (tertiary/aromatic N) is 2. The van der Waals surface area contributed by atoms with Gasteiger partial charge >= 0.3 is 5.97 Å². The van der Waals surface area contributed by atoms with Crippen LogP contribution in [-0.2, 0) is 4.74 Å². The third kappa shape index (κ3) is 2.77. The van der Waals surface area contributed by atoms with Crippen LogP contribution in [0, 0.1) is 0 Å². The molecule has 0 amide bonds. The third-order valence-corrected chi connectivity index (χ3v) is 4.20. The van der Waals surface area contributed by atoms with Gasteiger partial charge < -0.3 is 9.84 Å². The van der Waals surface area contributed by atoms with Crippen LogP contribution in [-0.4, -0.2) is 34.1 Å². The highest BCUT2D eigenvalue weighted by Crippen LogP contribution is 2.29. The second kappa shape index (κ2) is 5.67. The molecule has 1 aromatic heterocycles. The average molecular weight is 327 g/mol. The molecule has 2 heterocycles. The van der Waals surface area contributed by atoms with Crippen molar-refractivity contribution in [2.75, 3.05) is 13.2 Å². The Kier molecular flexibility index (Phi) is 3.89. The molecule has 1 aliphatic heterocycles. The number of ether oxygens (including phenoxy) is 1. The molecule has 7 heteroatoms. The normalized spacial score (nSPS) is 18.1. The van der Waals surface area contributed by atoms with Gasteiger partial charge in [-0.15, -0.1) is 0 Å². The van der Waals surface area contributed by atoms with E-state index in [0.717, 1.165) is 6.42 Å². The molecule has 1 N–H and O–H groups in total. The van der Waals surface area contributed by atoms with Crippen molar-refractivity contribution in [1.82, 2.24) is 9.78 Å². The molecule has 110 valence electrons. The lowest BCUT2D eigenvalue weighted by Crippen LogP contribution is -2.06.